The van der Waals surface area contributed by atoms with Crippen LogP contribution in [0, 0.1) is 12.7 Å². The van der Waals surface area contributed by atoms with E-state index in [0.717, 1.165) is 56.8 Å². The largest absolute Gasteiger partial charge is 0.368 e. The number of rotatable bonds is 4. The molecule has 1 aliphatic heterocycles. The second-order valence-electron chi connectivity index (χ2n) is 9.18. The van der Waals surface area contributed by atoms with Crippen LogP contribution in [0.1, 0.15) is 47.2 Å². The molecule has 3 aromatic rings. The van der Waals surface area contributed by atoms with Crippen LogP contribution in [0.5, 0.6) is 0 Å². The Hall–Kier alpha value is -3.33. The van der Waals surface area contributed by atoms with Crippen LogP contribution < -0.4 is 15.8 Å². The Morgan fingerprint density at radius 2 is 1.91 bits per heavy atom. The number of aromatic nitrogens is 3. The van der Waals surface area contributed by atoms with Crippen molar-refractivity contribution in [3.8, 4) is 0 Å². The number of fused-ring (bicyclic) bond motifs is 1. The third-order valence-electron chi connectivity index (χ3n) is 7.17. The maximum absolute atomic E-state index is 13.5. The first-order valence-electron chi connectivity index (χ1n) is 11.8. The van der Waals surface area contributed by atoms with E-state index >= 15 is 0 Å². The molecule has 1 saturated carbocycles. The number of piperazine rings is 1. The van der Waals surface area contributed by atoms with Crippen LogP contribution in [0.2, 0.25) is 0 Å². The van der Waals surface area contributed by atoms with Crippen molar-refractivity contribution in [3.05, 3.63) is 63.7 Å². The van der Waals surface area contributed by atoms with Gasteiger partial charge in [0.15, 0.2) is 0 Å². The molecule has 5 rings (SSSR count). The van der Waals surface area contributed by atoms with Crippen LogP contribution in [-0.2, 0) is 0 Å². The minimum Gasteiger partial charge on any atom is -0.368 e. The molecule has 1 amide bonds. The summed E-state index contributed by atoms with van der Waals surface area (Å²) in [6.07, 6.45) is 3.00. The van der Waals surface area contributed by atoms with E-state index in [0.29, 0.717) is 28.5 Å². The SMILES string of the molecule is CNC(=O)c1ccc(N2CCN(C3CCC(c4nc5ccc(F)cc5c(=O)[nH]4)C3)CC2)c(C)n1. The van der Waals surface area contributed by atoms with Crippen molar-refractivity contribution in [2.75, 3.05) is 38.1 Å². The average molecular weight is 465 g/mol. The summed E-state index contributed by atoms with van der Waals surface area (Å²) in [7, 11) is 1.61. The molecule has 0 spiro atoms. The molecule has 1 aromatic carbocycles. The number of carbonyl (C=O) groups is 1. The van der Waals surface area contributed by atoms with Crippen molar-refractivity contribution >= 4 is 22.5 Å². The molecule has 3 heterocycles. The maximum atomic E-state index is 13.5. The highest BCUT2D eigenvalue weighted by atomic mass is 19.1. The summed E-state index contributed by atoms with van der Waals surface area (Å²) >= 11 is 0. The number of carbonyl (C=O) groups excluding carboxylic acids is 1. The predicted molar refractivity (Wildman–Crippen MR) is 129 cm³/mol. The van der Waals surface area contributed by atoms with Crippen molar-refractivity contribution in [1.29, 1.82) is 0 Å². The van der Waals surface area contributed by atoms with Gasteiger partial charge in [-0.3, -0.25) is 14.5 Å². The van der Waals surface area contributed by atoms with Crippen LogP contribution in [0.15, 0.2) is 35.1 Å². The number of hydrogen-bond acceptors (Lipinski definition) is 6. The lowest BCUT2D eigenvalue weighted by atomic mass is 10.1. The first-order chi connectivity index (χ1) is 16.4. The molecule has 2 aromatic heterocycles. The molecule has 8 nitrogen and oxygen atoms in total. The number of anilines is 1. The number of benzene rings is 1. The van der Waals surface area contributed by atoms with Crippen molar-refractivity contribution in [1.82, 2.24) is 25.2 Å². The van der Waals surface area contributed by atoms with Gasteiger partial charge < -0.3 is 15.2 Å². The maximum Gasteiger partial charge on any atom is 0.269 e. The van der Waals surface area contributed by atoms with Crippen molar-refractivity contribution in [2.45, 2.75) is 38.1 Å². The number of amides is 1. The van der Waals surface area contributed by atoms with Gasteiger partial charge in [0.1, 0.15) is 17.3 Å². The van der Waals surface area contributed by atoms with Gasteiger partial charge in [-0.05, 0) is 56.5 Å². The zero-order chi connectivity index (χ0) is 23.8. The highest BCUT2D eigenvalue weighted by molar-refractivity contribution is 5.92. The first-order valence-corrected chi connectivity index (χ1v) is 11.8. The highest BCUT2D eigenvalue weighted by Crippen LogP contribution is 2.36. The fourth-order valence-electron chi connectivity index (χ4n) is 5.33. The highest BCUT2D eigenvalue weighted by Gasteiger charge is 2.33. The minimum atomic E-state index is -0.430. The molecule has 178 valence electrons. The second-order valence-corrected chi connectivity index (χ2v) is 9.18. The van der Waals surface area contributed by atoms with Gasteiger partial charge in [-0.15, -0.1) is 0 Å². The second kappa shape index (κ2) is 9.13. The number of pyridine rings is 1. The summed E-state index contributed by atoms with van der Waals surface area (Å²) < 4.78 is 13.5. The van der Waals surface area contributed by atoms with Gasteiger partial charge in [0.2, 0.25) is 0 Å². The van der Waals surface area contributed by atoms with Crippen molar-refractivity contribution < 1.29 is 9.18 Å². The molecular weight excluding hydrogens is 435 g/mol. The smallest absolute Gasteiger partial charge is 0.269 e. The van der Waals surface area contributed by atoms with Gasteiger partial charge in [-0.25, -0.2) is 14.4 Å². The van der Waals surface area contributed by atoms with Gasteiger partial charge in [-0.1, -0.05) is 0 Å². The lowest BCUT2D eigenvalue weighted by Gasteiger charge is -2.39. The Bertz CT molecular complexity index is 1280. The molecule has 0 bridgehead atoms. The van der Waals surface area contributed by atoms with E-state index in [9.17, 15) is 14.0 Å². The summed E-state index contributed by atoms with van der Waals surface area (Å²) in [6.45, 7) is 5.66. The van der Waals surface area contributed by atoms with Crippen LogP contribution in [0.25, 0.3) is 10.9 Å². The van der Waals surface area contributed by atoms with Crippen molar-refractivity contribution in [2.24, 2.45) is 0 Å². The number of hydrogen-bond donors (Lipinski definition) is 2. The zero-order valence-corrected chi connectivity index (χ0v) is 19.5. The molecule has 2 aliphatic rings. The van der Waals surface area contributed by atoms with Gasteiger partial charge >= 0.3 is 0 Å². The number of aryl methyl sites for hydroxylation is 1. The van der Waals surface area contributed by atoms with Gasteiger partial charge in [-0.2, -0.15) is 0 Å². The fraction of sp³-hybridized carbons (Fsp3) is 0.440. The third-order valence-corrected chi connectivity index (χ3v) is 7.17. The molecule has 0 radical (unpaired) electrons. The molecule has 2 atom stereocenters. The molecule has 2 unspecified atom stereocenters. The Kier molecular flexibility index (Phi) is 6.03. The lowest BCUT2D eigenvalue weighted by Crippen LogP contribution is -2.50. The molecule has 34 heavy (non-hydrogen) atoms. The van der Waals surface area contributed by atoms with E-state index in [-0.39, 0.29) is 17.4 Å². The number of H-pyrrole nitrogens is 1. The topological polar surface area (TPSA) is 94.2 Å². The number of nitrogens with zero attached hydrogens (tertiary/aromatic N) is 4. The summed E-state index contributed by atoms with van der Waals surface area (Å²) in [5.41, 5.74) is 2.64. The van der Waals surface area contributed by atoms with Gasteiger partial charge in [0.25, 0.3) is 11.5 Å². The zero-order valence-electron chi connectivity index (χ0n) is 19.5. The van der Waals surface area contributed by atoms with E-state index in [1.165, 1.54) is 12.1 Å². The summed E-state index contributed by atoms with van der Waals surface area (Å²) in [6, 6.07) is 8.39. The monoisotopic (exact) mass is 464 g/mol. The van der Waals surface area contributed by atoms with Crippen molar-refractivity contribution in [3.63, 3.8) is 0 Å². The number of halogens is 1. The van der Waals surface area contributed by atoms with Crippen LogP contribution in [0.4, 0.5) is 10.1 Å². The molecule has 1 aliphatic carbocycles. The predicted octanol–water partition coefficient (Wildman–Crippen LogP) is 2.58. The third kappa shape index (κ3) is 4.27. The number of aromatic amines is 1. The fourth-order valence-corrected chi connectivity index (χ4v) is 5.33. The average Bonchev–Trinajstić information content (AvgIpc) is 3.34. The Morgan fingerprint density at radius 1 is 1.12 bits per heavy atom. The lowest BCUT2D eigenvalue weighted by molar-refractivity contribution is 0.0958. The molecular formula is C25H29FN6O2. The van der Waals surface area contributed by atoms with Gasteiger partial charge in [0.05, 0.1) is 22.3 Å². The minimum absolute atomic E-state index is 0.176. The summed E-state index contributed by atoms with van der Waals surface area (Å²) in [5.74, 6) is 0.308. The Labute approximate surface area is 197 Å². The standard InChI is InChI=1S/C25H29FN6O2/c1-15-22(8-7-21(28-15)25(34)27-2)32-11-9-31(10-12-32)18-5-3-16(13-18)23-29-20-6-4-17(26)14-19(20)24(33)30-23/h4,6-8,14,16,18H,3,5,9-13H2,1-2H3,(H,27,34)(H,29,30,33). The van der Waals surface area contributed by atoms with E-state index in [4.69, 9.17) is 0 Å². The van der Waals surface area contributed by atoms with Crippen LogP contribution in [-0.4, -0.2) is 65.0 Å². The quantitative estimate of drug-likeness (QED) is 0.617. The van der Waals surface area contributed by atoms with E-state index in [1.54, 1.807) is 19.2 Å². The summed E-state index contributed by atoms with van der Waals surface area (Å²) in [4.78, 5) is 41.2. The number of nitrogens with one attached hydrogen (secondary N) is 2. The normalized spacial score (nSPS) is 21.2. The van der Waals surface area contributed by atoms with E-state index in [2.05, 4.69) is 30.1 Å². The first kappa shape index (κ1) is 22.5. The van der Waals surface area contributed by atoms with E-state index in [1.807, 2.05) is 13.0 Å². The van der Waals surface area contributed by atoms with E-state index < -0.39 is 5.82 Å². The summed E-state index contributed by atoms with van der Waals surface area (Å²) in [5, 5.41) is 2.91. The van der Waals surface area contributed by atoms with Gasteiger partial charge in [0, 0.05) is 45.2 Å². The van der Waals surface area contributed by atoms with Crippen LogP contribution >= 0.6 is 0 Å². The Balaban J connectivity index is 1.22. The molecule has 2 N–H and O–H groups in total. The van der Waals surface area contributed by atoms with Crippen LogP contribution in [0.3, 0.4) is 0 Å². The molecule has 1 saturated heterocycles. The molecule has 2 fully saturated rings. The molecule has 9 heteroatoms. The Morgan fingerprint density at radius 3 is 2.65 bits per heavy atom.